The molecule has 0 fully saturated rings. The Morgan fingerprint density at radius 3 is 2.74 bits per heavy atom. The number of benzene rings is 2. The van der Waals surface area contributed by atoms with E-state index in [1.807, 2.05) is 43.3 Å². The number of fused-ring (bicyclic) bond motifs is 1. The Labute approximate surface area is 159 Å². The molecule has 0 saturated heterocycles. The van der Waals surface area contributed by atoms with E-state index in [1.165, 1.54) is 18.5 Å². The lowest BCUT2D eigenvalue weighted by Gasteiger charge is -2.26. The highest BCUT2D eigenvalue weighted by Crippen LogP contribution is 2.30. The molecule has 0 saturated carbocycles. The normalized spacial score (nSPS) is 12.3. The Balaban J connectivity index is 1.97. The zero-order valence-electron chi connectivity index (χ0n) is 14.8. The average molecular weight is 388 g/mol. The van der Waals surface area contributed by atoms with E-state index in [-0.39, 0.29) is 17.1 Å². The average Bonchev–Trinajstić information content (AvgIpc) is 2.62. The van der Waals surface area contributed by atoms with Crippen LogP contribution in [0.2, 0.25) is 5.02 Å². The largest absolute Gasteiger partial charge is 0.378 e. The van der Waals surface area contributed by atoms with Gasteiger partial charge in [-0.3, -0.25) is 14.9 Å². The molecule has 1 heterocycles. The maximum atomic E-state index is 11.9. The predicted molar refractivity (Wildman–Crippen MR) is 105 cm³/mol. The number of nitro benzene ring substituents is 1. The van der Waals surface area contributed by atoms with E-state index < -0.39 is 10.5 Å². The minimum Gasteiger partial charge on any atom is -0.378 e. The van der Waals surface area contributed by atoms with E-state index in [0.29, 0.717) is 22.8 Å². The van der Waals surface area contributed by atoms with Crippen molar-refractivity contribution in [3.05, 3.63) is 73.8 Å². The first-order valence-electron chi connectivity index (χ1n) is 8.19. The van der Waals surface area contributed by atoms with Crippen LogP contribution in [0.1, 0.15) is 11.6 Å². The number of nitrogens with one attached hydrogen (secondary N) is 2. The zero-order chi connectivity index (χ0) is 19.6. The van der Waals surface area contributed by atoms with Crippen LogP contribution in [0.15, 0.2) is 47.5 Å². The van der Waals surface area contributed by atoms with Gasteiger partial charge in [-0.25, -0.2) is 4.98 Å². The van der Waals surface area contributed by atoms with Crippen LogP contribution in [0.5, 0.6) is 0 Å². The van der Waals surface area contributed by atoms with Crippen LogP contribution in [0.25, 0.3) is 10.9 Å². The molecule has 1 aromatic heterocycles. The number of halogens is 1. The first-order chi connectivity index (χ1) is 12.9. The third kappa shape index (κ3) is 3.91. The number of H-pyrrole nitrogens is 1. The number of rotatable bonds is 6. The lowest BCUT2D eigenvalue weighted by Crippen LogP contribution is -2.27. The molecule has 2 aromatic carbocycles. The molecule has 1 atom stereocenters. The number of likely N-dealkylation sites (N-methyl/N-ethyl adjacent to an activating group) is 1. The number of nitrogens with zero attached hydrogens (tertiary/aromatic N) is 3. The van der Waals surface area contributed by atoms with Crippen LogP contribution in [0, 0.1) is 10.1 Å². The van der Waals surface area contributed by atoms with Gasteiger partial charge in [-0.2, -0.15) is 0 Å². The van der Waals surface area contributed by atoms with Crippen LogP contribution in [0.3, 0.4) is 0 Å². The SMILES string of the molecule is CN(C)C(CNc1cc2nc[nH]c(=O)c2cc1[N+](=O)[O-])c1ccccc1Cl. The van der Waals surface area contributed by atoms with Gasteiger partial charge in [0.1, 0.15) is 5.69 Å². The van der Waals surface area contributed by atoms with E-state index in [2.05, 4.69) is 15.3 Å². The summed E-state index contributed by atoms with van der Waals surface area (Å²) in [6, 6.07) is 10.1. The van der Waals surface area contributed by atoms with Crippen LogP contribution in [-0.4, -0.2) is 40.4 Å². The number of aromatic nitrogens is 2. The van der Waals surface area contributed by atoms with Crippen LogP contribution >= 0.6 is 11.6 Å². The minimum absolute atomic E-state index is 0.110. The van der Waals surface area contributed by atoms with Gasteiger partial charge in [-0.05, 0) is 31.8 Å². The molecule has 27 heavy (non-hydrogen) atoms. The molecule has 0 aliphatic heterocycles. The standard InChI is InChI=1S/C18H18ClN5O3/c1-23(2)17(11-5-3-4-6-13(11)19)9-20-15-8-14-12(7-16(15)24(26)27)18(25)22-10-21-14/h3-8,10,17,20H,9H2,1-2H3,(H,21,22,25). The first-order valence-corrected chi connectivity index (χ1v) is 8.57. The monoisotopic (exact) mass is 387 g/mol. The topological polar surface area (TPSA) is 104 Å². The van der Waals surface area contributed by atoms with Gasteiger partial charge in [-0.1, -0.05) is 29.8 Å². The van der Waals surface area contributed by atoms with Gasteiger partial charge in [-0.15, -0.1) is 0 Å². The second-order valence-corrected chi connectivity index (χ2v) is 6.66. The van der Waals surface area contributed by atoms with E-state index in [9.17, 15) is 14.9 Å². The molecule has 0 aliphatic rings. The number of aromatic amines is 1. The van der Waals surface area contributed by atoms with Crippen molar-refractivity contribution in [3.63, 3.8) is 0 Å². The first kappa shape index (κ1) is 18.8. The molecule has 0 bridgehead atoms. The van der Waals surface area contributed by atoms with Crippen molar-refractivity contribution in [2.45, 2.75) is 6.04 Å². The molecule has 0 spiro atoms. The zero-order valence-corrected chi connectivity index (χ0v) is 15.5. The fourth-order valence-electron chi connectivity index (χ4n) is 2.92. The van der Waals surface area contributed by atoms with Gasteiger partial charge >= 0.3 is 0 Å². The summed E-state index contributed by atoms with van der Waals surface area (Å²) in [6.07, 6.45) is 1.27. The second-order valence-electron chi connectivity index (χ2n) is 6.26. The quantitative estimate of drug-likeness (QED) is 0.497. The molecule has 3 aromatic rings. The number of anilines is 1. The molecule has 9 heteroatoms. The third-order valence-electron chi connectivity index (χ3n) is 4.33. The Hall–Kier alpha value is -2.97. The van der Waals surface area contributed by atoms with Crippen molar-refractivity contribution in [1.82, 2.24) is 14.9 Å². The Morgan fingerprint density at radius 1 is 1.33 bits per heavy atom. The van der Waals surface area contributed by atoms with E-state index in [0.717, 1.165) is 5.56 Å². The molecule has 0 aliphatic carbocycles. The Kier molecular flexibility index (Phi) is 5.38. The summed E-state index contributed by atoms with van der Waals surface area (Å²) in [5.41, 5.74) is 0.986. The van der Waals surface area contributed by atoms with Crippen molar-refractivity contribution in [2.24, 2.45) is 0 Å². The highest BCUT2D eigenvalue weighted by atomic mass is 35.5. The second kappa shape index (κ2) is 7.73. The van der Waals surface area contributed by atoms with Crippen molar-refractivity contribution in [1.29, 1.82) is 0 Å². The molecule has 3 rings (SSSR count). The van der Waals surface area contributed by atoms with E-state index in [4.69, 9.17) is 11.6 Å². The number of nitro groups is 1. The van der Waals surface area contributed by atoms with Gasteiger partial charge in [0.2, 0.25) is 0 Å². The summed E-state index contributed by atoms with van der Waals surface area (Å²) in [6.45, 7) is 0.381. The summed E-state index contributed by atoms with van der Waals surface area (Å²) in [4.78, 5) is 31.3. The van der Waals surface area contributed by atoms with Crippen LogP contribution in [-0.2, 0) is 0 Å². The molecule has 140 valence electrons. The Bertz CT molecular complexity index is 1050. The smallest absolute Gasteiger partial charge is 0.293 e. The molecule has 8 nitrogen and oxygen atoms in total. The van der Waals surface area contributed by atoms with Gasteiger partial charge < -0.3 is 15.2 Å². The summed E-state index contributed by atoms with van der Waals surface area (Å²) in [5.74, 6) is 0. The predicted octanol–water partition coefficient (Wildman–Crippen LogP) is 3.20. The van der Waals surface area contributed by atoms with Gasteiger partial charge in [0.15, 0.2) is 0 Å². The highest BCUT2D eigenvalue weighted by molar-refractivity contribution is 6.31. The van der Waals surface area contributed by atoms with Gasteiger partial charge in [0, 0.05) is 17.6 Å². The molecule has 0 amide bonds. The maximum absolute atomic E-state index is 11.9. The molecular formula is C18H18ClN5O3. The molecular weight excluding hydrogens is 370 g/mol. The molecule has 2 N–H and O–H groups in total. The lowest BCUT2D eigenvalue weighted by molar-refractivity contribution is -0.383. The van der Waals surface area contributed by atoms with Crippen molar-refractivity contribution < 1.29 is 4.92 Å². The molecule has 1 unspecified atom stereocenters. The minimum atomic E-state index is -0.519. The summed E-state index contributed by atoms with van der Waals surface area (Å²) >= 11 is 6.31. The number of hydrogen-bond donors (Lipinski definition) is 2. The molecule has 0 radical (unpaired) electrons. The maximum Gasteiger partial charge on any atom is 0.293 e. The Morgan fingerprint density at radius 2 is 2.07 bits per heavy atom. The lowest BCUT2D eigenvalue weighted by atomic mass is 10.1. The number of hydrogen-bond acceptors (Lipinski definition) is 6. The van der Waals surface area contributed by atoms with E-state index >= 15 is 0 Å². The van der Waals surface area contributed by atoms with Crippen LogP contribution in [0.4, 0.5) is 11.4 Å². The van der Waals surface area contributed by atoms with E-state index in [1.54, 1.807) is 0 Å². The summed E-state index contributed by atoms with van der Waals surface area (Å²) in [5, 5.41) is 15.4. The summed E-state index contributed by atoms with van der Waals surface area (Å²) in [7, 11) is 3.82. The third-order valence-corrected chi connectivity index (χ3v) is 4.67. The van der Waals surface area contributed by atoms with Crippen LogP contribution < -0.4 is 10.9 Å². The van der Waals surface area contributed by atoms with Gasteiger partial charge in [0.25, 0.3) is 11.2 Å². The fourth-order valence-corrected chi connectivity index (χ4v) is 3.18. The van der Waals surface area contributed by atoms with Crippen molar-refractivity contribution >= 4 is 33.9 Å². The van der Waals surface area contributed by atoms with Gasteiger partial charge in [0.05, 0.1) is 28.2 Å². The van der Waals surface area contributed by atoms with Crippen molar-refractivity contribution in [3.8, 4) is 0 Å². The fraction of sp³-hybridized carbons (Fsp3) is 0.222. The van der Waals surface area contributed by atoms with Crippen molar-refractivity contribution in [2.75, 3.05) is 26.0 Å². The summed E-state index contributed by atoms with van der Waals surface area (Å²) < 4.78 is 0. The highest BCUT2D eigenvalue weighted by Gasteiger charge is 2.21.